The third-order valence-corrected chi connectivity index (χ3v) is 2.93. The Morgan fingerprint density at radius 1 is 1.23 bits per heavy atom. The molecule has 7 heteroatoms. The van der Waals surface area contributed by atoms with Crippen LogP contribution in [0.1, 0.15) is 27.5 Å². The molecule has 0 bridgehead atoms. The van der Waals surface area contributed by atoms with Gasteiger partial charge in [-0.2, -0.15) is 18.4 Å². The monoisotopic (exact) mass is 308 g/mol. The molecule has 112 valence electrons. The second-order valence-electron chi connectivity index (χ2n) is 4.37. The van der Waals surface area contributed by atoms with Gasteiger partial charge in [0.2, 0.25) is 0 Å². The minimum atomic E-state index is -4.92. The summed E-state index contributed by atoms with van der Waals surface area (Å²) >= 11 is 0. The molecule has 3 nitrogen and oxygen atoms in total. The van der Waals surface area contributed by atoms with Crippen molar-refractivity contribution >= 4 is 5.78 Å². The van der Waals surface area contributed by atoms with Crippen LogP contribution < -0.4 is 0 Å². The minimum Gasteiger partial charge on any atom is -0.292 e. The van der Waals surface area contributed by atoms with Gasteiger partial charge in [0, 0.05) is 11.8 Å². The van der Waals surface area contributed by atoms with E-state index >= 15 is 0 Å². The van der Waals surface area contributed by atoms with Gasteiger partial charge in [-0.25, -0.2) is 4.39 Å². The number of pyridine rings is 1. The zero-order chi connectivity index (χ0) is 16.3. The van der Waals surface area contributed by atoms with Crippen molar-refractivity contribution in [3.8, 4) is 6.07 Å². The first-order chi connectivity index (χ1) is 10.3. The normalized spacial score (nSPS) is 12.5. The lowest BCUT2D eigenvalue weighted by Gasteiger charge is -2.11. The molecule has 1 heterocycles. The van der Waals surface area contributed by atoms with Crippen molar-refractivity contribution in [1.29, 1.82) is 5.26 Å². The maximum Gasteiger partial charge on any atom is 0.419 e. The highest BCUT2D eigenvalue weighted by atomic mass is 19.4. The van der Waals surface area contributed by atoms with E-state index in [1.165, 1.54) is 12.3 Å². The average Bonchev–Trinajstić information content (AvgIpc) is 2.48. The van der Waals surface area contributed by atoms with Crippen LogP contribution in [0.4, 0.5) is 17.6 Å². The van der Waals surface area contributed by atoms with Gasteiger partial charge in [-0.15, -0.1) is 0 Å². The van der Waals surface area contributed by atoms with Crippen LogP contribution in [0.15, 0.2) is 42.6 Å². The highest BCUT2D eigenvalue weighted by Gasteiger charge is 2.35. The van der Waals surface area contributed by atoms with Crippen molar-refractivity contribution in [2.75, 3.05) is 0 Å². The molecule has 0 fully saturated rings. The van der Waals surface area contributed by atoms with E-state index in [0.717, 1.165) is 6.07 Å². The van der Waals surface area contributed by atoms with E-state index in [1.54, 1.807) is 18.2 Å². The molecule has 0 saturated carbocycles. The molecular weight excluding hydrogens is 300 g/mol. The summed E-state index contributed by atoms with van der Waals surface area (Å²) in [5.41, 5.74) is -1.82. The van der Waals surface area contributed by atoms with Gasteiger partial charge in [-0.3, -0.25) is 9.78 Å². The molecule has 0 amide bonds. The number of nitriles is 1. The fourth-order valence-corrected chi connectivity index (χ4v) is 1.87. The molecule has 0 N–H and O–H groups in total. The average molecular weight is 308 g/mol. The maximum absolute atomic E-state index is 13.2. The molecule has 2 aromatic rings. The van der Waals surface area contributed by atoms with Crippen molar-refractivity contribution in [1.82, 2.24) is 4.98 Å². The number of benzene rings is 1. The number of ketones is 1. The predicted octanol–water partition coefficient (Wildman–Crippen LogP) is 3.73. The number of carbonyl (C=O) groups is 1. The van der Waals surface area contributed by atoms with Crippen LogP contribution in [0.5, 0.6) is 0 Å². The number of aromatic nitrogens is 1. The number of alkyl halides is 3. The summed E-state index contributed by atoms with van der Waals surface area (Å²) in [4.78, 5) is 16.1. The van der Waals surface area contributed by atoms with Crippen LogP contribution in [0.2, 0.25) is 0 Å². The van der Waals surface area contributed by atoms with Crippen LogP contribution in [0.3, 0.4) is 0 Å². The molecular formula is C15H8F4N2O. The zero-order valence-electron chi connectivity index (χ0n) is 10.9. The van der Waals surface area contributed by atoms with Crippen LogP contribution in [-0.4, -0.2) is 10.8 Å². The van der Waals surface area contributed by atoms with E-state index in [9.17, 15) is 22.4 Å². The van der Waals surface area contributed by atoms with Crippen molar-refractivity contribution in [2.24, 2.45) is 0 Å². The second-order valence-corrected chi connectivity index (χ2v) is 4.37. The van der Waals surface area contributed by atoms with Crippen LogP contribution >= 0.6 is 0 Å². The van der Waals surface area contributed by atoms with Gasteiger partial charge < -0.3 is 0 Å². The molecule has 0 spiro atoms. The Morgan fingerprint density at radius 3 is 2.50 bits per heavy atom. The highest BCUT2D eigenvalue weighted by Crippen LogP contribution is 2.32. The molecule has 22 heavy (non-hydrogen) atoms. The fraction of sp³-hybridized carbons (Fsp3) is 0.133. The number of rotatable bonds is 3. The number of hydrogen-bond donors (Lipinski definition) is 0. The summed E-state index contributed by atoms with van der Waals surface area (Å²) in [6.07, 6.45) is -3.56. The first-order valence-electron chi connectivity index (χ1n) is 6.06. The molecule has 0 aliphatic heterocycles. The van der Waals surface area contributed by atoms with Crippen LogP contribution in [0, 0.1) is 17.1 Å². The largest absolute Gasteiger partial charge is 0.419 e. The quantitative estimate of drug-likeness (QED) is 0.641. The Kier molecular flexibility index (Phi) is 4.22. The maximum atomic E-state index is 13.2. The van der Waals surface area contributed by atoms with Gasteiger partial charge in [-0.05, 0) is 30.3 Å². The van der Waals surface area contributed by atoms with Crippen molar-refractivity contribution in [3.63, 3.8) is 0 Å². The van der Waals surface area contributed by atoms with Gasteiger partial charge in [0.15, 0.2) is 11.7 Å². The molecule has 0 aliphatic carbocycles. The standard InChI is InChI=1S/C15H8F4N2O/c16-12-5-4-9(7-11(12)15(17,18)19)14(22)10(8-20)13-3-1-2-6-21-13/h1-7,10H/t10-/m1/s1. The number of nitrogens with zero attached hydrogens (tertiary/aromatic N) is 2. The zero-order valence-corrected chi connectivity index (χ0v) is 10.9. The topological polar surface area (TPSA) is 53.8 Å². The Morgan fingerprint density at radius 2 is 1.95 bits per heavy atom. The molecule has 1 atom stereocenters. The third-order valence-electron chi connectivity index (χ3n) is 2.93. The molecule has 0 radical (unpaired) electrons. The van der Waals surface area contributed by atoms with E-state index in [1.807, 2.05) is 0 Å². The summed E-state index contributed by atoms with van der Waals surface area (Å²) in [5, 5.41) is 9.09. The van der Waals surface area contributed by atoms with Crippen LogP contribution in [0.25, 0.3) is 0 Å². The molecule has 0 aliphatic rings. The Hall–Kier alpha value is -2.75. The molecule has 0 unspecified atom stereocenters. The van der Waals surface area contributed by atoms with E-state index in [-0.39, 0.29) is 5.69 Å². The Balaban J connectivity index is 2.44. The second kappa shape index (κ2) is 5.93. The van der Waals surface area contributed by atoms with E-state index in [4.69, 9.17) is 5.26 Å². The first-order valence-corrected chi connectivity index (χ1v) is 6.06. The summed E-state index contributed by atoms with van der Waals surface area (Å²) in [6.45, 7) is 0. The number of carbonyl (C=O) groups excluding carboxylic acids is 1. The lowest BCUT2D eigenvalue weighted by Crippen LogP contribution is -2.15. The van der Waals surface area contributed by atoms with E-state index in [0.29, 0.717) is 12.1 Å². The minimum absolute atomic E-state index is 0.118. The van der Waals surface area contributed by atoms with E-state index in [2.05, 4.69) is 4.98 Å². The summed E-state index contributed by atoms with van der Waals surface area (Å²) in [7, 11) is 0. The van der Waals surface area contributed by atoms with Crippen molar-refractivity contribution in [2.45, 2.75) is 12.1 Å². The Labute approximate surface area is 122 Å². The number of hydrogen-bond acceptors (Lipinski definition) is 3. The molecule has 1 aromatic carbocycles. The highest BCUT2D eigenvalue weighted by molar-refractivity contribution is 6.02. The third kappa shape index (κ3) is 3.11. The smallest absolute Gasteiger partial charge is 0.292 e. The van der Waals surface area contributed by atoms with Gasteiger partial charge in [0.25, 0.3) is 0 Å². The van der Waals surface area contributed by atoms with E-state index < -0.39 is 34.8 Å². The fourth-order valence-electron chi connectivity index (χ4n) is 1.87. The van der Waals surface area contributed by atoms with Gasteiger partial charge in [0.05, 0.1) is 17.3 Å². The summed E-state index contributed by atoms with van der Waals surface area (Å²) in [6, 6.07) is 8.12. The molecule has 2 rings (SSSR count). The molecule has 0 saturated heterocycles. The lowest BCUT2D eigenvalue weighted by molar-refractivity contribution is -0.140. The lowest BCUT2D eigenvalue weighted by atomic mass is 9.94. The number of Topliss-reactive ketones (excluding diaryl/α,β-unsaturated/α-hetero) is 1. The van der Waals surface area contributed by atoms with Gasteiger partial charge in [0.1, 0.15) is 5.82 Å². The Bertz CT molecular complexity index is 735. The van der Waals surface area contributed by atoms with Crippen molar-refractivity contribution < 1.29 is 22.4 Å². The predicted molar refractivity (Wildman–Crippen MR) is 68.3 cm³/mol. The first kappa shape index (κ1) is 15.6. The molecule has 1 aromatic heterocycles. The summed E-state index contributed by atoms with van der Waals surface area (Å²) < 4.78 is 51.2. The van der Waals surface area contributed by atoms with Crippen LogP contribution in [-0.2, 0) is 6.18 Å². The number of halogens is 4. The SMILES string of the molecule is N#C[C@@H](C(=O)c1ccc(F)c(C(F)(F)F)c1)c1ccccn1. The van der Waals surface area contributed by atoms with Crippen molar-refractivity contribution in [3.05, 3.63) is 65.2 Å². The van der Waals surface area contributed by atoms with Gasteiger partial charge >= 0.3 is 6.18 Å². The summed E-state index contributed by atoms with van der Waals surface area (Å²) in [5.74, 6) is -3.70. The van der Waals surface area contributed by atoms with Gasteiger partial charge in [-0.1, -0.05) is 6.07 Å².